The van der Waals surface area contributed by atoms with E-state index in [1.165, 1.54) is 11.8 Å². The van der Waals surface area contributed by atoms with E-state index in [-0.39, 0.29) is 0 Å². The Hall–Kier alpha value is -0.590. The van der Waals surface area contributed by atoms with Gasteiger partial charge in [0.1, 0.15) is 0 Å². The lowest BCUT2D eigenvalue weighted by molar-refractivity contribution is 1.02. The summed E-state index contributed by atoms with van der Waals surface area (Å²) in [5.74, 6) is 0. The molecule has 0 aliphatic rings. The lowest BCUT2D eigenvalue weighted by atomic mass is 10.2. The summed E-state index contributed by atoms with van der Waals surface area (Å²) in [5.41, 5.74) is 1.37. The second-order valence-corrected chi connectivity index (χ2v) is 1.88. The van der Waals surface area contributed by atoms with Crippen LogP contribution in [0.1, 0.15) is 26.7 Å². The Bertz CT molecular complexity index is 92.6. The van der Waals surface area contributed by atoms with Crippen molar-refractivity contribution < 1.29 is 0 Å². The van der Waals surface area contributed by atoms with Crippen LogP contribution in [0.25, 0.3) is 0 Å². The summed E-state index contributed by atoms with van der Waals surface area (Å²) in [4.78, 5) is 0. The van der Waals surface area contributed by atoms with Gasteiger partial charge in [0.05, 0.1) is 0 Å². The molecule has 0 aromatic rings. The maximum absolute atomic E-state index is 6.72. The van der Waals surface area contributed by atoms with Gasteiger partial charge in [-0.25, -0.2) is 0 Å². The third kappa shape index (κ3) is 3.59. The summed E-state index contributed by atoms with van der Waals surface area (Å²) < 4.78 is 0. The van der Waals surface area contributed by atoms with E-state index in [9.17, 15) is 0 Å². The van der Waals surface area contributed by atoms with Crippen molar-refractivity contribution in [1.29, 1.82) is 5.41 Å². The Labute approximate surface area is 50.9 Å². The average molecular weight is 111 g/mol. The molecule has 1 heteroatoms. The Kier molecular flexibility index (Phi) is 4.23. The summed E-state index contributed by atoms with van der Waals surface area (Å²) in [6, 6.07) is 0. The molecule has 0 saturated carbocycles. The van der Waals surface area contributed by atoms with Gasteiger partial charge in [-0.15, -0.1) is 0 Å². The highest BCUT2D eigenvalue weighted by atomic mass is 14.3. The molecule has 0 saturated heterocycles. The normalized spacial score (nSPS) is 11.5. The third-order valence-electron chi connectivity index (χ3n) is 1.18. The predicted octanol–water partition coefficient (Wildman–Crippen LogP) is 2.38. The molecule has 0 spiro atoms. The Morgan fingerprint density at radius 1 is 1.62 bits per heavy atom. The molecule has 1 N–H and O–H groups in total. The second kappa shape index (κ2) is 4.57. The van der Waals surface area contributed by atoms with Crippen molar-refractivity contribution in [3.05, 3.63) is 11.6 Å². The molecule has 0 aromatic heterocycles. The molecule has 0 aliphatic heterocycles. The number of nitrogens with one attached hydrogen (secondary N) is 1. The van der Waals surface area contributed by atoms with Crippen molar-refractivity contribution in [2.75, 3.05) is 0 Å². The molecule has 0 atom stereocenters. The van der Waals surface area contributed by atoms with Gasteiger partial charge in [0.15, 0.2) is 0 Å². The second-order valence-electron chi connectivity index (χ2n) is 1.88. The maximum atomic E-state index is 6.72. The van der Waals surface area contributed by atoms with Gasteiger partial charge in [0.25, 0.3) is 0 Å². The summed E-state index contributed by atoms with van der Waals surface area (Å²) in [6.07, 6.45) is 5.46. The summed E-state index contributed by atoms with van der Waals surface area (Å²) >= 11 is 0. The average Bonchev–Trinajstić information content (AvgIpc) is 1.83. The van der Waals surface area contributed by atoms with Crippen LogP contribution in [0.15, 0.2) is 11.6 Å². The molecule has 0 aliphatic carbocycles. The molecule has 0 fully saturated rings. The highest BCUT2D eigenvalue weighted by Crippen LogP contribution is 1.99. The first kappa shape index (κ1) is 7.41. The van der Waals surface area contributed by atoms with E-state index >= 15 is 0 Å². The molecule has 46 valence electrons. The lowest BCUT2D eigenvalue weighted by Crippen LogP contribution is -1.76. The fourth-order valence-electron chi connectivity index (χ4n) is 0.444. The van der Waals surface area contributed by atoms with Gasteiger partial charge in [-0.05, 0) is 32.9 Å². The van der Waals surface area contributed by atoms with Crippen molar-refractivity contribution in [2.45, 2.75) is 26.7 Å². The minimum absolute atomic E-state index is 0.885. The van der Waals surface area contributed by atoms with Gasteiger partial charge in [0.2, 0.25) is 0 Å². The molecule has 0 heterocycles. The van der Waals surface area contributed by atoms with Gasteiger partial charge in [0, 0.05) is 0 Å². The zero-order valence-corrected chi connectivity index (χ0v) is 5.57. The van der Waals surface area contributed by atoms with Crippen LogP contribution in [-0.4, -0.2) is 6.21 Å². The molecule has 8 heavy (non-hydrogen) atoms. The van der Waals surface area contributed by atoms with Crippen LogP contribution in [-0.2, 0) is 0 Å². The zero-order valence-electron chi connectivity index (χ0n) is 5.57. The van der Waals surface area contributed by atoms with Crippen molar-refractivity contribution in [2.24, 2.45) is 0 Å². The first-order valence-corrected chi connectivity index (χ1v) is 2.92. The minimum atomic E-state index is 0.885. The lowest BCUT2D eigenvalue weighted by Gasteiger charge is -1.91. The van der Waals surface area contributed by atoms with E-state index in [0.717, 1.165) is 12.8 Å². The zero-order chi connectivity index (χ0) is 6.41. The van der Waals surface area contributed by atoms with Crippen LogP contribution in [0.2, 0.25) is 0 Å². The topological polar surface area (TPSA) is 23.9 Å². The van der Waals surface area contributed by atoms with Crippen LogP contribution in [0.3, 0.4) is 0 Å². The standard InChI is InChI=1S/C7H13N/c1-3-7(2)5-4-6-8/h3,6,8H,4-5H2,1-2H3/b7-3-,8-6?. The first-order chi connectivity index (χ1) is 3.81. The van der Waals surface area contributed by atoms with Gasteiger partial charge < -0.3 is 5.41 Å². The number of allylic oxidation sites excluding steroid dienone is 2. The van der Waals surface area contributed by atoms with Gasteiger partial charge in [-0.3, -0.25) is 0 Å². The Morgan fingerprint density at radius 2 is 2.25 bits per heavy atom. The van der Waals surface area contributed by atoms with E-state index in [1.54, 1.807) is 0 Å². The van der Waals surface area contributed by atoms with Crippen LogP contribution in [0.4, 0.5) is 0 Å². The summed E-state index contributed by atoms with van der Waals surface area (Å²) in [5, 5.41) is 6.72. The molecular weight excluding hydrogens is 98.1 g/mol. The van der Waals surface area contributed by atoms with E-state index in [2.05, 4.69) is 13.0 Å². The number of hydrogen-bond acceptors (Lipinski definition) is 1. The maximum Gasteiger partial charge on any atom is -0.00446 e. The predicted molar refractivity (Wildman–Crippen MR) is 37.4 cm³/mol. The van der Waals surface area contributed by atoms with Crippen LogP contribution < -0.4 is 0 Å². The molecule has 0 amide bonds. The smallest absolute Gasteiger partial charge is 0.00446 e. The van der Waals surface area contributed by atoms with Gasteiger partial charge in [-0.2, -0.15) is 0 Å². The molecule has 0 rings (SSSR count). The molecule has 0 radical (unpaired) electrons. The monoisotopic (exact) mass is 111 g/mol. The quantitative estimate of drug-likeness (QED) is 0.427. The number of rotatable bonds is 3. The third-order valence-corrected chi connectivity index (χ3v) is 1.18. The molecule has 0 aromatic carbocycles. The van der Waals surface area contributed by atoms with Crippen molar-refractivity contribution in [3.8, 4) is 0 Å². The van der Waals surface area contributed by atoms with Crippen molar-refractivity contribution in [1.82, 2.24) is 0 Å². The van der Waals surface area contributed by atoms with Crippen LogP contribution in [0.5, 0.6) is 0 Å². The molecular formula is C7H13N. The van der Waals surface area contributed by atoms with E-state index < -0.39 is 0 Å². The Balaban J connectivity index is 3.24. The van der Waals surface area contributed by atoms with Crippen LogP contribution in [0, 0.1) is 5.41 Å². The highest BCUT2D eigenvalue weighted by Gasteiger charge is 1.82. The molecule has 1 nitrogen and oxygen atoms in total. The molecule has 0 bridgehead atoms. The first-order valence-electron chi connectivity index (χ1n) is 2.92. The fraction of sp³-hybridized carbons (Fsp3) is 0.571. The Morgan fingerprint density at radius 3 is 2.62 bits per heavy atom. The number of hydrogen-bond donors (Lipinski definition) is 1. The highest BCUT2D eigenvalue weighted by molar-refractivity contribution is 5.53. The fourth-order valence-corrected chi connectivity index (χ4v) is 0.444. The van der Waals surface area contributed by atoms with Gasteiger partial charge in [-0.1, -0.05) is 11.6 Å². The van der Waals surface area contributed by atoms with Crippen LogP contribution >= 0.6 is 0 Å². The molecule has 0 unspecified atom stereocenters. The van der Waals surface area contributed by atoms with Crippen molar-refractivity contribution >= 4 is 6.21 Å². The summed E-state index contributed by atoms with van der Waals surface area (Å²) in [6.45, 7) is 4.11. The van der Waals surface area contributed by atoms with E-state index in [1.807, 2.05) is 6.92 Å². The van der Waals surface area contributed by atoms with E-state index in [4.69, 9.17) is 5.41 Å². The SMILES string of the molecule is C/C=C(/C)CCC=N. The minimum Gasteiger partial charge on any atom is -0.313 e. The van der Waals surface area contributed by atoms with Crippen molar-refractivity contribution in [3.63, 3.8) is 0 Å². The van der Waals surface area contributed by atoms with Gasteiger partial charge >= 0.3 is 0 Å². The van der Waals surface area contributed by atoms with E-state index in [0.29, 0.717) is 0 Å². The summed E-state index contributed by atoms with van der Waals surface area (Å²) in [7, 11) is 0. The largest absolute Gasteiger partial charge is 0.313 e.